The van der Waals surface area contributed by atoms with Crippen LogP contribution in [0.4, 0.5) is 11.4 Å². The van der Waals surface area contributed by atoms with Crippen LogP contribution in [-0.2, 0) is 0 Å². The average molecular weight is 464 g/mol. The molecule has 18 heavy (non-hydrogen) atoms. The Morgan fingerprint density at radius 1 is 0.833 bits per heavy atom. The predicted octanol–water partition coefficient (Wildman–Crippen LogP) is 4.52. The molecule has 2 aromatic carbocycles. The van der Waals surface area contributed by atoms with E-state index in [2.05, 4.69) is 95.4 Å². The number of halogens is 2. The topological polar surface area (TPSA) is 29.3 Å². The summed E-state index contributed by atoms with van der Waals surface area (Å²) in [4.78, 5) is 0. The fourth-order valence-corrected chi connectivity index (χ4v) is 2.98. The van der Waals surface area contributed by atoms with Gasteiger partial charge in [-0.2, -0.15) is 0 Å². The fraction of sp³-hybridized carbons (Fsp3) is 0.143. The Balaban J connectivity index is 2.47. The molecule has 0 saturated heterocycles. The number of aryl methyl sites for hydroxylation is 2. The monoisotopic (exact) mass is 464 g/mol. The minimum absolute atomic E-state index is 1.04. The van der Waals surface area contributed by atoms with Gasteiger partial charge in [-0.3, -0.25) is 5.01 Å². The molecule has 0 amide bonds. The number of benzene rings is 2. The average Bonchev–Trinajstić information content (AvgIpc) is 2.31. The first-order chi connectivity index (χ1) is 8.49. The van der Waals surface area contributed by atoms with E-state index in [0.29, 0.717) is 0 Å². The lowest BCUT2D eigenvalue weighted by molar-refractivity contribution is 1.06. The molecule has 0 bridgehead atoms. The molecule has 0 heterocycles. The maximum Gasteiger partial charge on any atom is 0.0615 e. The summed E-state index contributed by atoms with van der Waals surface area (Å²) < 4.78 is 2.41. The summed E-state index contributed by atoms with van der Waals surface area (Å²) >= 11 is 4.62. The molecule has 4 heteroatoms. The fourth-order valence-electron chi connectivity index (χ4n) is 1.86. The van der Waals surface area contributed by atoms with E-state index in [-0.39, 0.29) is 0 Å². The smallest absolute Gasteiger partial charge is 0.0615 e. The van der Waals surface area contributed by atoms with Crippen LogP contribution in [0, 0.1) is 21.0 Å². The summed E-state index contributed by atoms with van der Waals surface area (Å²) in [6.45, 7) is 4.16. The summed E-state index contributed by atoms with van der Waals surface area (Å²) in [7, 11) is 0. The van der Waals surface area contributed by atoms with Gasteiger partial charge in [-0.1, -0.05) is 6.07 Å². The molecule has 0 atom stereocenters. The molecule has 2 aromatic rings. The van der Waals surface area contributed by atoms with Crippen LogP contribution in [0.3, 0.4) is 0 Å². The van der Waals surface area contributed by atoms with Crippen LogP contribution in [-0.4, -0.2) is 0 Å². The summed E-state index contributed by atoms with van der Waals surface area (Å²) in [5, 5.41) is 1.77. The highest BCUT2D eigenvalue weighted by Crippen LogP contribution is 2.29. The van der Waals surface area contributed by atoms with Crippen molar-refractivity contribution in [3.63, 3.8) is 0 Å². The molecule has 0 aliphatic rings. The van der Waals surface area contributed by atoms with E-state index in [4.69, 9.17) is 5.84 Å². The standard InChI is InChI=1S/C14H14I2N2/c1-9-3-4-12(16)8-14(9)18(17)13-6-5-11(15)7-10(13)2/h3-8H,17H2,1-2H3. The van der Waals surface area contributed by atoms with E-state index in [1.165, 1.54) is 18.3 Å². The van der Waals surface area contributed by atoms with E-state index in [1.807, 2.05) is 0 Å². The van der Waals surface area contributed by atoms with Crippen LogP contribution in [0.25, 0.3) is 0 Å². The quantitative estimate of drug-likeness (QED) is 0.403. The van der Waals surface area contributed by atoms with Gasteiger partial charge < -0.3 is 0 Å². The van der Waals surface area contributed by atoms with Gasteiger partial charge in [-0.25, -0.2) is 5.84 Å². The Kier molecular flexibility index (Phi) is 4.50. The molecular formula is C14H14I2N2. The largest absolute Gasteiger partial charge is 0.279 e. The number of hydrogen-bond acceptors (Lipinski definition) is 2. The van der Waals surface area contributed by atoms with Gasteiger partial charge in [0, 0.05) is 7.14 Å². The minimum Gasteiger partial charge on any atom is -0.279 e. The van der Waals surface area contributed by atoms with Crippen molar-refractivity contribution in [3.8, 4) is 0 Å². The van der Waals surface area contributed by atoms with Crippen LogP contribution in [0.15, 0.2) is 36.4 Å². The van der Waals surface area contributed by atoms with Crippen LogP contribution >= 0.6 is 45.2 Å². The molecule has 0 aromatic heterocycles. The number of nitrogens with zero attached hydrogens (tertiary/aromatic N) is 1. The first-order valence-corrected chi connectivity index (χ1v) is 7.72. The van der Waals surface area contributed by atoms with Gasteiger partial charge in [0.15, 0.2) is 0 Å². The number of hydrogen-bond donors (Lipinski definition) is 1. The summed E-state index contributed by atoms with van der Waals surface area (Å²) in [5.74, 6) is 6.26. The van der Waals surface area contributed by atoms with E-state index < -0.39 is 0 Å². The third-order valence-corrected chi connectivity index (χ3v) is 4.19. The molecule has 0 aliphatic carbocycles. The molecule has 0 aliphatic heterocycles. The van der Waals surface area contributed by atoms with Gasteiger partial charge in [0.2, 0.25) is 0 Å². The lowest BCUT2D eigenvalue weighted by Gasteiger charge is -2.23. The van der Waals surface area contributed by atoms with E-state index in [9.17, 15) is 0 Å². The predicted molar refractivity (Wildman–Crippen MR) is 94.1 cm³/mol. The van der Waals surface area contributed by atoms with Crippen LogP contribution in [0.1, 0.15) is 11.1 Å². The second-order valence-electron chi connectivity index (χ2n) is 4.23. The lowest BCUT2D eigenvalue weighted by Crippen LogP contribution is -2.26. The number of hydrazine groups is 1. The number of anilines is 2. The minimum atomic E-state index is 1.04. The van der Waals surface area contributed by atoms with Crippen molar-refractivity contribution in [2.75, 3.05) is 5.01 Å². The zero-order valence-electron chi connectivity index (χ0n) is 10.2. The second kappa shape index (κ2) is 5.75. The Bertz CT molecular complexity index is 582. The van der Waals surface area contributed by atoms with E-state index in [0.717, 1.165) is 11.4 Å². The first kappa shape index (κ1) is 14.1. The lowest BCUT2D eigenvalue weighted by atomic mass is 10.1. The van der Waals surface area contributed by atoms with Crippen molar-refractivity contribution in [2.24, 2.45) is 5.84 Å². The van der Waals surface area contributed by atoms with Gasteiger partial charge in [0.1, 0.15) is 0 Å². The number of nitrogens with two attached hydrogens (primary N) is 1. The molecule has 0 spiro atoms. The van der Waals surface area contributed by atoms with E-state index in [1.54, 1.807) is 5.01 Å². The van der Waals surface area contributed by atoms with Crippen molar-refractivity contribution in [2.45, 2.75) is 13.8 Å². The Morgan fingerprint density at radius 3 is 2.11 bits per heavy atom. The van der Waals surface area contributed by atoms with Gasteiger partial charge in [0.25, 0.3) is 0 Å². The van der Waals surface area contributed by atoms with Crippen molar-refractivity contribution >= 4 is 56.6 Å². The normalized spacial score (nSPS) is 10.5. The zero-order chi connectivity index (χ0) is 13.3. The van der Waals surface area contributed by atoms with Gasteiger partial charge in [0.05, 0.1) is 11.4 Å². The Morgan fingerprint density at radius 2 is 1.44 bits per heavy atom. The number of rotatable bonds is 2. The Hall–Kier alpha value is -0.340. The zero-order valence-corrected chi connectivity index (χ0v) is 14.6. The van der Waals surface area contributed by atoms with Crippen molar-refractivity contribution < 1.29 is 0 Å². The molecule has 0 saturated carbocycles. The highest BCUT2D eigenvalue weighted by atomic mass is 127. The molecule has 94 valence electrons. The molecule has 0 radical (unpaired) electrons. The van der Waals surface area contributed by atoms with Gasteiger partial charge in [-0.05, 0) is 100 Å². The third kappa shape index (κ3) is 2.97. The first-order valence-electron chi connectivity index (χ1n) is 5.56. The summed E-state index contributed by atoms with van der Waals surface area (Å²) in [6, 6.07) is 12.6. The maximum absolute atomic E-state index is 6.26. The van der Waals surface area contributed by atoms with Gasteiger partial charge in [-0.15, -0.1) is 0 Å². The SMILES string of the molecule is Cc1cc(I)ccc1N(N)c1cc(I)ccc1C. The summed E-state index contributed by atoms with van der Waals surface area (Å²) in [5.41, 5.74) is 4.45. The third-order valence-electron chi connectivity index (χ3n) is 2.85. The maximum atomic E-state index is 6.26. The van der Waals surface area contributed by atoms with Gasteiger partial charge >= 0.3 is 0 Å². The van der Waals surface area contributed by atoms with Crippen molar-refractivity contribution in [1.82, 2.24) is 0 Å². The van der Waals surface area contributed by atoms with Crippen LogP contribution in [0.5, 0.6) is 0 Å². The molecule has 2 N–H and O–H groups in total. The molecule has 2 nitrogen and oxygen atoms in total. The highest BCUT2D eigenvalue weighted by Gasteiger charge is 2.10. The van der Waals surface area contributed by atoms with Crippen molar-refractivity contribution in [1.29, 1.82) is 0 Å². The molecule has 2 rings (SSSR count). The second-order valence-corrected chi connectivity index (χ2v) is 6.72. The van der Waals surface area contributed by atoms with Crippen LogP contribution in [0.2, 0.25) is 0 Å². The van der Waals surface area contributed by atoms with E-state index >= 15 is 0 Å². The highest BCUT2D eigenvalue weighted by molar-refractivity contribution is 14.1. The Labute approximate surface area is 135 Å². The summed E-state index contributed by atoms with van der Waals surface area (Å²) in [6.07, 6.45) is 0. The van der Waals surface area contributed by atoms with Crippen LogP contribution < -0.4 is 10.9 Å². The van der Waals surface area contributed by atoms with Crippen molar-refractivity contribution in [3.05, 3.63) is 54.7 Å². The molecule has 0 fully saturated rings. The molecule has 0 unspecified atom stereocenters. The molecular weight excluding hydrogens is 450 g/mol.